The van der Waals surface area contributed by atoms with Crippen LogP contribution < -0.4 is 10.5 Å². The van der Waals surface area contributed by atoms with Crippen LogP contribution in [0.1, 0.15) is 19.3 Å². The largest absolute Gasteiger partial charge is 0.491 e. The Morgan fingerprint density at radius 2 is 2.24 bits per heavy atom. The summed E-state index contributed by atoms with van der Waals surface area (Å²) in [6, 6.07) is 5.57. The van der Waals surface area contributed by atoms with E-state index in [2.05, 4.69) is 15.9 Å². The maximum Gasteiger partial charge on any atom is 0.139 e. The van der Waals surface area contributed by atoms with E-state index in [4.69, 9.17) is 34.3 Å². The zero-order chi connectivity index (χ0) is 12.5. The van der Waals surface area contributed by atoms with Crippen molar-refractivity contribution >= 4 is 44.7 Å². The van der Waals surface area contributed by atoms with E-state index in [0.29, 0.717) is 22.4 Å². The monoisotopic (exact) mass is 333 g/mol. The number of nitrogens with two attached hydrogens (primary N) is 1. The summed E-state index contributed by atoms with van der Waals surface area (Å²) in [5, 5.41) is 0.624. The van der Waals surface area contributed by atoms with E-state index in [1.54, 1.807) is 0 Å². The fraction of sp³-hybridized carbons (Fsp3) is 0.417. The number of thiocarbonyl (C=S) groups is 1. The molecule has 2 nitrogen and oxygen atoms in total. The molecule has 0 atom stereocenters. The van der Waals surface area contributed by atoms with E-state index in [-0.39, 0.29) is 5.41 Å². The standard InChI is InChI=1S/C12H13BrClNOS/c13-8-1-2-9(14)10(5-8)16-7-12(3-4-12)6-11(15)17/h1-2,5H,3-4,6-7H2,(H2,15,17). The Morgan fingerprint density at radius 1 is 1.53 bits per heavy atom. The molecule has 1 aromatic rings. The highest BCUT2D eigenvalue weighted by Gasteiger charge is 2.43. The van der Waals surface area contributed by atoms with Gasteiger partial charge in [0.05, 0.1) is 16.6 Å². The Bertz CT molecular complexity index is 448. The zero-order valence-corrected chi connectivity index (χ0v) is 12.4. The molecule has 1 aromatic carbocycles. The normalized spacial score (nSPS) is 16.6. The first kappa shape index (κ1) is 13.1. The summed E-state index contributed by atoms with van der Waals surface area (Å²) in [5.41, 5.74) is 5.73. The van der Waals surface area contributed by atoms with Crippen molar-refractivity contribution in [2.45, 2.75) is 19.3 Å². The van der Waals surface area contributed by atoms with E-state index in [0.717, 1.165) is 23.7 Å². The Kier molecular flexibility index (Phi) is 3.95. The number of hydrogen-bond donors (Lipinski definition) is 1. The summed E-state index contributed by atoms with van der Waals surface area (Å²) in [5.74, 6) is 0.704. The van der Waals surface area contributed by atoms with Crippen LogP contribution in [0.15, 0.2) is 22.7 Å². The van der Waals surface area contributed by atoms with Crippen molar-refractivity contribution in [1.82, 2.24) is 0 Å². The molecule has 0 aromatic heterocycles. The number of ether oxygens (including phenoxy) is 1. The molecular weight excluding hydrogens is 322 g/mol. The molecule has 0 radical (unpaired) electrons. The number of benzene rings is 1. The second-order valence-corrected chi connectivity index (χ2v) is 6.35. The van der Waals surface area contributed by atoms with E-state index in [9.17, 15) is 0 Å². The molecule has 2 N–H and O–H groups in total. The van der Waals surface area contributed by atoms with Crippen LogP contribution in [-0.4, -0.2) is 11.6 Å². The lowest BCUT2D eigenvalue weighted by Gasteiger charge is -2.16. The quantitative estimate of drug-likeness (QED) is 0.828. The predicted molar refractivity (Wildman–Crippen MR) is 77.7 cm³/mol. The van der Waals surface area contributed by atoms with Gasteiger partial charge < -0.3 is 10.5 Å². The summed E-state index contributed by atoms with van der Waals surface area (Å²) in [7, 11) is 0. The Labute approximate surface area is 120 Å². The number of rotatable bonds is 5. The van der Waals surface area contributed by atoms with Gasteiger partial charge in [0.15, 0.2) is 0 Å². The molecule has 17 heavy (non-hydrogen) atoms. The molecule has 0 saturated heterocycles. The van der Waals surface area contributed by atoms with Gasteiger partial charge in [-0.15, -0.1) is 0 Å². The van der Waals surface area contributed by atoms with Crippen LogP contribution in [0.3, 0.4) is 0 Å². The molecule has 2 rings (SSSR count). The van der Waals surface area contributed by atoms with Gasteiger partial charge in [0, 0.05) is 16.3 Å². The maximum atomic E-state index is 6.05. The average molecular weight is 335 g/mol. The van der Waals surface area contributed by atoms with Gasteiger partial charge in [0.25, 0.3) is 0 Å². The lowest BCUT2D eigenvalue weighted by molar-refractivity contribution is 0.239. The van der Waals surface area contributed by atoms with Gasteiger partial charge in [-0.05, 0) is 31.0 Å². The molecule has 0 unspecified atom stereocenters. The minimum absolute atomic E-state index is 0.150. The second kappa shape index (κ2) is 5.12. The molecule has 1 aliphatic carbocycles. The fourth-order valence-electron chi connectivity index (χ4n) is 1.74. The van der Waals surface area contributed by atoms with E-state index < -0.39 is 0 Å². The van der Waals surface area contributed by atoms with Gasteiger partial charge in [-0.3, -0.25) is 0 Å². The average Bonchev–Trinajstić information content (AvgIpc) is 2.99. The van der Waals surface area contributed by atoms with Crippen LogP contribution in [0.4, 0.5) is 0 Å². The molecule has 5 heteroatoms. The topological polar surface area (TPSA) is 35.2 Å². The predicted octanol–water partition coefficient (Wildman–Crippen LogP) is 3.94. The minimum Gasteiger partial charge on any atom is -0.491 e. The van der Waals surface area contributed by atoms with Crippen LogP contribution in [-0.2, 0) is 0 Å². The van der Waals surface area contributed by atoms with Gasteiger partial charge >= 0.3 is 0 Å². The van der Waals surface area contributed by atoms with Gasteiger partial charge in [-0.2, -0.15) is 0 Å². The van der Waals surface area contributed by atoms with Crippen molar-refractivity contribution in [3.05, 3.63) is 27.7 Å². The molecule has 1 fully saturated rings. The number of halogens is 2. The summed E-state index contributed by atoms with van der Waals surface area (Å²) in [6.07, 6.45) is 3.00. The highest BCUT2D eigenvalue weighted by Crippen LogP contribution is 2.49. The molecular formula is C12H13BrClNOS. The van der Waals surface area contributed by atoms with Crippen molar-refractivity contribution in [2.75, 3.05) is 6.61 Å². The first-order valence-electron chi connectivity index (χ1n) is 5.37. The van der Waals surface area contributed by atoms with Crippen LogP contribution in [0, 0.1) is 5.41 Å². The zero-order valence-electron chi connectivity index (χ0n) is 9.21. The summed E-state index contributed by atoms with van der Waals surface area (Å²) in [6.45, 7) is 0.626. The lowest BCUT2D eigenvalue weighted by Crippen LogP contribution is -2.21. The van der Waals surface area contributed by atoms with E-state index in [1.807, 2.05) is 18.2 Å². The van der Waals surface area contributed by atoms with Crippen molar-refractivity contribution < 1.29 is 4.74 Å². The van der Waals surface area contributed by atoms with Crippen LogP contribution >= 0.6 is 39.7 Å². The van der Waals surface area contributed by atoms with Crippen molar-refractivity contribution in [3.8, 4) is 5.75 Å². The number of hydrogen-bond acceptors (Lipinski definition) is 2. The molecule has 0 aliphatic heterocycles. The third-order valence-electron chi connectivity index (χ3n) is 2.93. The third-order valence-corrected chi connectivity index (χ3v) is 3.88. The SMILES string of the molecule is NC(=S)CC1(COc2cc(Br)ccc2Cl)CC1. The van der Waals surface area contributed by atoms with E-state index in [1.165, 1.54) is 0 Å². The summed E-state index contributed by atoms with van der Waals surface area (Å²) in [4.78, 5) is 0.562. The molecule has 92 valence electrons. The van der Waals surface area contributed by atoms with Gasteiger partial charge in [-0.1, -0.05) is 39.7 Å². The smallest absolute Gasteiger partial charge is 0.139 e. The Morgan fingerprint density at radius 3 is 2.82 bits per heavy atom. The van der Waals surface area contributed by atoms with Gasteiger partial charge in [-0.25, -0.2) is 0 Å². The molecule has 0 amide bonds. The first-order valence-corrected chi connectivity index (χ1v) is 6.95. The first-order chi connectivity index (χ1) is 8.01. The second-order valence-electron chi connectivity index (χ2n) is 4.51. The summed E-state index contributed by atoms with van der Waals surface area (Å²) >= 11 is 14.4. The van der Waals surface area contributed by atoms with E-state index >= 15 is 0 Å². The van der Waals surface area contributed by atoms with Crippen LogP contribution in [0.25, 0.3) is 0 Å². The highest BCUT2D eigenvalue weighted by atomic mass is 79.9. The van der Waals surface area contributed by atoms with Crippen molar-refractivity contribution in [1.29, 1.82) is 0 Å². The fourth-order valence-corrected chi connectivity index (χ4v) is 2.56. The maximum absolute atomic E-state index is 6.05. The summed E-state index contributed by atoms with van der Waals surface area (Å²) < 4.78 is 6.72. The third kappa shape index (κ3) is 3.57. The highest BCUT2D eigenvalue weighted by molar-refractivity contribution is 9.10. The van der Waals surface area contributed by atoms with Crippen LogP contribution in [0.2, 0.25) is 5.02 Å². The Hall–Kier alpha value is -0.320. The lowest BCUT2D eigenvalue weighted by atomic mass is 10.0. The van der Waals surface area contributed by atoms with Crippen molar-refractivity contribution in [2.24, 2.45) is 11.1 Å². The molecule has 0 bridgehead atoms. The molecule has 0 heterocycles. The van der Waals surface area contributed by atoms with Crippen LogP contribution in [0.5, 0.6) is 5.75 Å². The van der Waals surface area contributed by atoms with Gasteiger partial charge in [0.2, 0.25) is 0 Å². The minimum atomic E-state index is 0.150. The molecule has 1 saturated carbocycles. The molecule has 0 spiro atoms. The van der Waals surface area contributed by atoms with Crippen molar-refractivity contribution in [3.63, 3.8) is 0 Å². The Balaban J connectivity index is 1.98. The van der Waals surface area contributed by atoms with Gasteiger partial charge in [0.1, 0.15) is 5.75 Å². The molecule has 1 aliphatic rings.